The van der Waals surface area contributed by atoms with Gasteiger partial charge in [-0.1, -0.05) is 54.6 Å². The number of hydrogen-bond donors (Lipinski definition) is 1. The summed E-state index contributed by atoms with van der Waals surface area (Å²) in [7, 11) is 0. The molecule has 3 aromatic carbocycles. The molecule has 4 rings (SSSR count). The van der Waals surface area contributed by atoms with Gasteiger partial charge in [-0.25, -0.2) is 9.18 Å². The van der Waals surface area contributed by atoms with E-state index in [2.05, 4.69) is 0 Å². The van der Waals surface area contributed by atoms with Gasteiger partial charge in [-0.15, -0.1) is 0 Å². The van der Waals surface area contributed by atoms with Crippen molar-refractivity contribution in [1.29, 1.82) is 0 Å². The van der Waals surface area contributed by atoms with Crippen molar-refractivity contribution in [3.05, 3.63) is 101 Å². The van der Waals surface area contributed by atoms with E-state index in [4.69, 9.17) is 4.74 Å². The van der Waals surface area contributed by atoms with E-state index in [0.29, 0.717) is 12.1 Å². The van der Waals surface area contributed by atoms with E-state index in [1.165, 1.54) is 23.1 Å². The van der Waals surface area contributed by atoms with Crippen LogP contribution in [0.15, 0.2) is 72.8 Å². The number of aromatic hydroxyl groups is 1. The molecule has 27 heavy (non-hydrogen) atoms. The van der Waals surface area contributed by atoms with Crippen molar-refractivity contribution in [2.45, 2.75) is 19.2 Å². The van der Waals surface area contributed by atoms with E-state index in [0.717, 1.165) is 16.7 Å². The van der Waals surface area contributed by atoms with Crippen LogP contribution in [0.25, 0.3) is 0 Å². The summed E-state index contributed by atoms with van der Waals surface area (Å²) in [6.45, 7) is 0.485. The van der Waals surface area contributed by atoms with Crippen molar-refractivity contribution in [3.8, 4) is 5.75 Å². The maximum Gasteiger partial charge on any atom is 0.411 e. The number of hydrogen-bond acceptors (Lipinski definition) is 3. The number of phenols is 1. The van der Waals surface area contributed by atoms with Crippen LogP contribution in [0.1, 0.15) is 28.3 Å². The minimum atomic E-state index is -0.597. The molecule has 0 saturated carbocycles. The maximum absolute atomic E-state index is 13.8. The number of carbonyl (C=O) groups is 1. The molecule has 3 aromatic rings. The van der Waals surface area contributed by atoms with E-state index in [1.807, 2.05) is 54.6 Å². The van der Waals surface area contributed by atoms with E-state index in [9.17, 15) is 14.3 Å². The summed E-state index contributed by atoms with van der Waals surface area (Å²) in [6.07, 6.45) is -0.510. The molecule has 0 radical (unpaired) electrons. The monoisotopic (exact) mass is 363 g/mol. The number of amides is 1. The molecule has 1 unspecified atom stereocenters. The molecule has 0 bridgehead atoms. The summed E-state index contributed by atoms with van der Waals surface area (Å²) < 4.78 is 19.3. The normalized spacial score (nSPS) is 15.4. The van der Waals surface area contributed by atoms with Crippen molar-refractivity contribution in [2.75, 3.05) is 0 Å². The van der Waals surface area contributed by atoms with Gasteiger partial charge in [-0.05, 0) is 34.9 Å². The van der Waals surface area contributed by atoms with Gasteiger partial charge in [-0.3, -0.25) is 4.90 Å². The van der Waals surface area contributed by atoms with Crippen LogP contribution in [0.4, 0.5) is 9.18 Å². The lowest BCUT2D eigenvalue weighted by Gasteiger charge is -2.25. The third-order valence-electron chi connectivity index (χ3n) is 4.73. The van der Waals surface area contributed by atoms with Crippen molar-refractivity contribution in [2.24, 2.45) is 0 Å². The molecule has 4 nitrogen and oxygen atoms in total. The molecule has 0 aromatic heterocycles. The standard InChI is InChI=1S/C22H18FNO3/c23-17-10-11-20(25)19(12-17)21-18-9-5-4-8-16(18)13-24(21)22(26)27-14-15-6-2-1-3-7-15/h1-12,21,25H,13-14H2. The average Bonchev–Trinajstić information content (AvgIpc) is 3.08. The Morgan fingerprint density at radius 2 is 1.78 bits per heavy atom. The highest BCUT2D eigenvalue weighted by atomic mass is 19.1. The number of phenolic OH excluding ortho intramolecular Hbond substituents is 1. The summed E-state index contributed by atoms with van der Waals surface area (Å²) >= 11 is 0. The van der Waals surface area contributed by atoms with Gasteiger partial charge in [0.15, 0.2) is 0 Å². The summed E-state index contributed by atoms with van der Waals surface area (Å²) in [5, 5.41) is 10.3. The number of rotatable bonds is 3. The third-order valence-corrected chi connectivity index (χ3v) is 4.73. The number of fused-ring (bicyclic) bond motifs is 1. The first-order valence-corrected chi connectivity index (χ1v) is 8.67. The number of nitrogens with zero attached hydrogens (tertiary/aromatic N) is 1. The Bertz CT molecular complexity index is 974. The van der Waals surface area contributed by atoms with Crippen LogP contribution in [-0.4, -0.2) is 16.1 Å². The van der Waals surface area contributed by atoms with Crippen LogP contribution < -0.4 is 0 Å². The maximum atomic E-state index is 13.8. The molecule has 0 fully saturated rings. The predicted molar refractivity (Wildman–Crippen MR) is 98.5 cm³/mol. The van der Waals surface area contributed by atoms with E-state index < -0.39 is 18.0 Å². The number of halogens is 1. The predicted octanol–water partition coefficient (Wildman–Crippen LogP) is 4.77. The van der Waals surface area contributed by atoms with Crippen molar-refractivity contribution in [1.82, 2.24) is 4.90 Å². The highest BCUT2D eigenvalue weighted by Gasteiger charge is 2.37. The van der Waals surface area contributed by atoms with Crippen LogP contribution in [-0.2, 0) is 17.9 Å². The number of carbonyl (C=O) groups excluding carboxylic acids is 1. The lowest BCUT2D eigenvalue weighted by molar-refractivity contribution is 0.0883. The first kappa shape index (κ1) is 17.1. The second-order valence-corrected chi connectivity index (χ2v) is 6.47. The SMILES string of the molecule is O=C(OCc1ccccc1)N1Cc2ccccc2C1c1cc(F)ccc1O. The summed E-state index contributed by atoms with van der Waals surface area (Å²) in [4.78, 5) is 14.3. The zero-order chi connectivity index (χ0) is 18.8. The molecular weight excluding hydrogens is 345 g/mol. The fourth-order valence-corrected chi connectivity index (χ4v) is 3.44. The third kappa shape index (κ3) is 3.36. The van der Waals surface area contributed by atoms with Crippen molar-refractivity contribution < 1.29 is 19.0 Å². The van der Waals surface area contributed by atoms with Gasteiger partial charge in [0.05, 0.1) is 12.6 Å². The Hall–Kier alpha value is -3.34. The van der Waals surface area contributed by atoms with Crippen LogP contribution in [0.2, 0.25) is 0 Å². The highest BCUT2D eigenvalue weighted by molar-refractivity contribution is 5.71. The second kappa shape index (κ2) is 7.11. The number of ether oxygens (including phenoxy) is 1. The Labute approximate surface area is 156 Å². The molecule has 0 aliphatic carbocycles. The van der Waals surface area contributed by atoms with E-state index >= 15 is 0 Å². The zero-order valence-corrected chi connectivity index (χ0v) is 14.5. The Morgan fingerprint density at radius 1 is 1.04 bits per heavy atom. The summed E-state index contributed by atoms with van der Waals surface area (Å²) in [6, 6.07) is 20.1. The summed E-state index contributed by atoms with van der Waals surface area (Å²) in [5.41, 5.74) is 3.03. The second-order valence-electron chi connectivity index (χ2n) is 6.47. The Morgan fingerprint density at radius 3 is 2.59 bits per heavy atom. The molecule has 1 atom stereocenters. The fraction of sp³-hybridized carbons (Fsp3) is 0.136. The molecule has 1 heterocycles. The molecule has 136 valence electrons. The minimum Gasteiger partial charge on any atom is -0.508 e. The first-order chi connectivity index (χ1) is 13.1. The van der Waals surface area contributed by atoms with Gasteiger partial charge in [-0.2, -0.15) is 0 Å². The van der Waals surface area contributed by atoms with Crippen LogP contribution >= 0.6 is 0 Å². The van der Waals surface area contributed by atoms with Gasteiger partial charge in [0, 0.05) is 5.56 Å². The van der Waals surface area contributed by atoms with Gasteiger partial charge < -0.3 is 9.84 Å². The van der Waals surface area contributed by atoms with Crippen LogP contribution in [0.5, 0.6) is 5.75 Å². The average molecular weight is 363 g/mol. The molecule has 1 amide bonds. The number of benzene rings is 3. The smallest absolute Gasteiger partial charge is 0.411 e. The quantitative estimate of drug-likeness (QED) is 0.729. The molecule has 1 aliphatic heterocycles. The molecular formula is C22H18FNO3. The lowest BCUT2D eigenvalue weighted by Crippen LogP contribution is -2.30. The van der Waals surface area contributed by atoms with Gasteiger partial charge >= 0.3 is 6.09 Å². The lowest BCUT2D eigenvalue weighted by atomic mass is 9.97. The van der Waals surface area contributed by atoms with E-state index in [1.54, 1.807) is 0 Å². The topological polar surface area (TPSA) is 49.8 Å². The molecule has 1 N–H and O–H groups in total. The molecule has 0 saturated heterocycles. The fourth-order valence-electron chi connectivity index (χ4n) is 3.44. The van der Waals surface area contributed by atoms with Gasteiger partial charge in [0.1, 0.15) is 18.2 Å². The minimum absolute atomic E-state index is 0.0565. The van der Waals surface area contributed by atoms with Crippen molar-refractivity contribution in [3.63, 3.8) is 0 Å². The molecule has 5 heteroatoms. The van der Waals surface area contributed by atoms with Gasteiger partial charge in [0.25, 0.3) is 0 Å². The first-order valence-electron chi connectivity index (χ1n) is 8.67. The highest BCUT2D eigenvalue weighted by Crippen LogP contribution is 2.42. The van der Waals surface area contributed by atoms with Gasteiger partial charge in [0.2, 0.25) is 0 Å². The van der Waals surface area contributed by atoms with Crippen LogP contribution in [0.3, 0.4) is 0 Å². The van der Waals surface area contributed by atoms with Crippen LogP contribution in [0, 0.1) is 5.82 Å². The summed E-state index contributed by atoms with van der Waals surface area (Å²) in [5.74, 6) is -0.524. The molecule has 1 aliphatic rings. The Kier molecular flexibility index (Phi) is 4.50. The van der Waals surface area contributed by atoms with E-state index in [-0.39, 0.29) is 12.4 Å². The zero-order valence-electron chi connectivity index (χ0n) is 14.5. The molecule has 0 spiro atoms. The Balaban J connectivity index is 1.65. The van der Waals surface area contributed by atoms with Crippen molar-refractivity contribution >= 4 is 6.09 Å². The largest absolute Gasteiger partial charge is 0.508 e.